The topological polar surface area (TPSA) is 90.0 Å². The van der Waals surface area contributed by atoms with Crippen LogP contribution in [-0.2, 0) is 17.1 Å². The molecule has 0 saturated heterocycles. The SMILES string of the molecule is CCC(C)CC(C)NS(=O)(=O)c1c(N)nn(C)c1C. The second kappa shape index (κ2) is 5.92. The summed E-state index contributed by atoms with van der Waals surface area (Å²) in [5.41, 5.74) is 6.22. The molecule has 19 heavy (non-hydrogen) atoms. The zero-order valence-corrected chi connectivity index (χ0v) is 13.1. The summed E-state index contributed by atoms with van der Waals surface area (Å²) >= 11 is 0. The lowest BCUT2D eigenvalue weighted by atomic mass is 10.0. The highest BCUT2D eigenvalue weighted by Crippen LogP contribution is 2.22. The summed E-state index contributed by atoms with van der Waals surface area (Å²) < 4.78 is 28.8. The summed E-state index contributed by atoms with van der Waals surface area (Å²) in [6.07, 6.45) is 1.83. The van der Waals surface area contributed by atoms with Gasteiger partial charge in [0.05, 0.1) is 5.69 Å². The number of aromatic nitrogens is 2. The van der Waals surface area contributed by atoms with E-state index in [0.717, 1.165) is 12.8 Å². The fourth-order valence-corrected chi connectivity index (χ4v) is 3.67. The van der Waals surface area contributed by atoms with E-state index in [9.17, 15) is 8.42 Å². The molecule has 2 unspecified atom stereocenters. The number of nitrogens with zero attached hydrogens (tertiary/aromatic N) is 2. The highest BCUT2D eigenvalue weighted by atomic mass is 32.2. The minimum absolute atomic E-state index is 0.0447. The van der Waals surface area contributed by atoms with Gasteiger partial charge < -0.3 is 5.73 Å². The van der Waals surface area contributed by atoms with Crippen LogP contribution < -0.4 is 10.5 Å². The Labute approximate surface area is 115 Å². The Hall–Kier alpha value is -1.08. The molecule has 1 aromatic heterocycles. The number of nitrogen functional groups attached to an aromatic ring is 1. The van der Waals surface area contributed by atoms with Crippen LogP contribution in [0.5, 0.6) is 0 Å². The third-order valence-electron chi connectivity index (χ3n) is 3.38. The Morgan fingerprint density at radius 2 is 2.00 bits per heavy atom. The molecule has 1 aromatic rings. The Morgan fingerprint density at radius 1 is 1.42 bits per heavy atom. The maximum Gasteiger partial charge on any atom is 0.246 e. The minimum atomic E-state index is -3.61. The predicted molar refractivity (Wildman–Crippen MR) is 76.2 cm³/mol. The molecular weight excluding hydrogens is 264 g/mol. The van der Waals surface area contributed by atoms with E-state index in [1.165, 1.54) is 4.68 Å². The van der Waals surface area contributed by atoms with Crippen LogP contribution in [0.2, 0.25) is 0 Å². The molecule has 1 heterocycles. The number of hydrogen-bond donors (Lipinski definition) is 2. The molecule has 0 amide bonds. The van der Waals surface area contributed by atoms with Crippen LogP contribution in [0.4, 0.5) is 5.82 Å². The molecule has 2 atom stereocenters. The number of nitrogens with one attached hydrogen (secondary N) is 1. The van der Waals surface area contributed by atoms with Crippen molar-refractivity contribution >= 4 is 15.8 Å². The van der Waals surface area contributed by atoms with Crippen molar-refractivity contribution in [3.8, 4) is 0 Å². The number of rotatable bonds is 6. The fraction of sp³-hybridized carbons (Fsp3) is 0.750. The Kier molecular flexibility index (Phi) is 4.98. The molecule has 0 saturated carbocycles. The van der Waals surface area contributed by atoms with Crippen LogP contribution >= 0.6 is 0 Å². The third kappa shape index (κ3) is 3.70. The van der Waals surface area contributed by atoms with Crippen molar-refractivity contribution < 1.29 is 8.42 Å². The van der Waals surface area contributed by atoms with Crippen LogP contribution in [0.1, 0.15) is 39.3 Å². The van der Waals surface area contributed by atoms with Gasteiger partial charge in [0.15, 0.2) is 5.82 Å². The average Bonchev–Trinajstić information content (AvgIpc) is 2.51. The van der Waals surface area contributed by atoms with Gasteiger partial charge in [-0.25, -0.2) is 13.1 Å². The van der Waals surface area contributed by atoms with E-state index in [2.05, 4.69) is 23.7 Å². The van der Waals surface area contributed by atoms with Gasteiger partial charge in [0.1, 0.15) is 4.90 Å². The molecule has 0 spiro atoms. The normalized spacial score (nSPS) is 15.4. The van der Waals surface area contributed by atoms with E-state index in [4.69, 9.17) is 5.73 Å². The van der Waals surface area contributed by atoms with E-state index < -0.39 is 10.0 Å². The molecule has 0 aromatic carbocycles. The smallest absolute Gasteiger partial charge is 0.246 e. The molecular formula is C12H24N4O2S. The number of sulfonamides is 1. The van der Waals surface area contributed by atoms with Crippen molar-refractivity contribution in [3.05, 3.63) is 5.69 Å². The second-order valence-corrected chi connectivity index (χ2v) is 6.85. The summed E-state index contributed by atoms with van der Waals surface area (Å²) in [5, 5.41) is 3.94. The van der Waals surface area contributed by atoms with Gasteiger partial charge in [-0.2, -0.15) is 5.10 Å². The summed E-state index contributed by atoms with van der Waals surface area (Å²) in [5.74, 6) is 0.522. The van der Waals surface area contributed by atoms with Gasteiger partial charge in [-0.3, -0.25) is 4.68 Å². The molecule has 0 aliphatic rings. The van der Waals surface area contributed by atoms with Gasteiger partial charge in [0, 0.05) is 13.1 Å². The second-order valence-electron chi connectivity index (χ2n) is 5.19. The van der Waals surface area contributed by atoms with E-state index in [1.54, 1.807) is 14.0 Å². The van der Waals surface area contributed by atoms with Gasteiger partial charge in [0.25, 0.3) is 0 Å². The number of anilines is 1. The van der Waals surface area contributed by atoms with E-state index in [0.29, 0.717) is 11.6 Å². The first-order valence-electron chi connectivity index (χ1n) is 6.50. The van der Waals surface area contributed by atoms with Crippen LogP contribution in [0.25, 0.3) is 0 Å². The van der Waals surface area contributed by atoms with Crippen molar-refractivity contribution in [1.29, 1.82) is 0 Å². The van der Waals surface area contributed by atoms with Gasteiger partial charge in [-0.15, -0.1) is 0 Å². The van der Waals surface area contributed by atoms with Crippen molar-refractivity contribution in [3.63, 3.8) is 0 Å². The lowest BCUT2D eigenvalue weighted by Gasteiger charge is -2.17. The van der Waals surface area contributed by atoms with Gasteiger partial charge in [-0.1, -0.05) is 20.3 Å². The van der Waals surface area contributed by atoms with Crippen molar-refractivity contribution in [2.45, 2.75) is 51.5 Å². The predicted octanol–water partition coefficient (Wildman–Crippen LogP) is 1.41. The van der Waals surface area contributed by atoms with Gasteiger partial charge in [0.2, 0.25) is 10.0 Å². The zero-order valence-electron chi connectivity index (χ0n) is 12.3. The first kappa shape index (κ1) is 16.0. The molecule has 7 heteroatoms. The van der Waals surface area contributed by atoms with E-state index >= 15 is 0 Å². The zero-order chi connectivity index (χ0) is 14.8. The van der Waals surface area contributed by atoms with Crippen molar-refractivity contribution in [1.82, 2.24) is 14.5 Å². The van der Waals surface area contributed by atoms with Crippen LogP contribution in [0, 0.1) is 12.8 Å². The summed E-state index contributed by atoms with van der Waals surface area (Å²) in [6.45, 7) is 7.76. The standard InChI is InChI=1S/C12H24N4O2S/c1-6-8(2)7-9(3)15-19(17,18)11-10(4)16(5)14-12(11)13/h8-9,15H,6-7H2,1-5H3,(H2,13,14). The highest BCUT2D eigenvalue weighted by Gasteiger charge is 2.26. The molecule has 110 valence electrons. The van der Waals surface area contributed by atoms with Gasteiger partial charge >= 0.3 is 0 Å². The molecule has 0 aliphatic heterocycles. The summed E-state index contributed by atoms with van der Waals surface area (Å²) in [7, 11) is -1.94. The van der Waals surface area contributed by atoms with E-state index in [-0.39, 0.29) is 16.8 Å². The lowest BCUT2D eigenvalue weighted by molar-refractivity contribution is 0.445. The van der Waals surface area contributed by atoms with Crippen LogP contribution in [0.15, 0.2) is 4.90 Å². The fourth-order valence-electron chi connectivity index (χ4n) is 2.09. The maximum absolute atomic E-state index is 12.3. The van der Waals surface area contributed by atoms with Crippen LogP contribution in [-0.4, -0.2) is 24.2 Å². The quantitative estimate of drug-likeness (QED) is 0.828. The molecule has 0 radical (unpaired) electrons. The third-order valence-corrected chi connectivity index (χ3v) is 5.14. The van der Waals surface area contributed by atoms with Crippen LogP contribution in [0.3, 0.4) is 0 Å². The maximum atomic E-state index is 12.3. The molecule has 3 N–H and O–H groups in total. The lowest BCUT2D eigenvalue weighted by Crippen LogP contribution is -2.34. The molecule has 0 aliphatic carbocycles. The van der Waals surface area contributed by atoms with Gasteiger partial charge in [-0.05, 0) is 26.2 Å². The van der Waals surface area contributed by atoms with E-state index in [1.807, 2.05) is 6.92 Å². The number of nitrogens with two attached hydrogens (primary N) is 1. The first-order chi connectivity index (χ1) is 8.69. The largest absolute Gasteiger partial charge is 0.381 e. The highest BCUT2D eigenvalue weighted by molar-refractivity contribution is 7.89. The summed E-state index contributed by atoms with van der Waals surface area (Å²) in [6, 6.07) is -0.126. The molecule has 0 bridgehead atoms. The molecule has 0 fully saturated rings. The monoisotopic (exact) mass is 288 g/mol. The minimum Gasteiger partial charge on any atom is -0.381 e. The Morgan fingerprint density at radius 3 is 2.42 bits per heavy atom. The average molecular weight is 288 g/mol. The van der Waals surface area contributed by atoms with Crippen molar-refractivity contribution in [2.75, 3.05) is 5.73 Å². The number of aryl methyl sites for hydroxylation is 1. The van der Waals surface area contributed by atoms with Crippen molar-refractivity contribution in [2.24, 2.45) is 13.0 Å². The molecule has 1 rings (SSSR count). The molecule has 6 nitrogen and oxygen atoms in total. The Balaban J connectivity index is 2.93. The summed E-state index contributed by atoms with van der Waals surface area (Å²) in [4.78, 5) is 0.0889. The Bertz CT molecular complexity index is 536. The first-order valence-corrected chi connectivity index (χ1v) is 7.98. The number of hydrogen-bond acceptors (Lipinski definition) is 4.